The van der Waals surface area contributed by atoms with Crippen LogP contribution in [0.15, 0.2) is 47.4 Å². The molecule has 1 fully saturated rings. The Morgan fingerprint density at radius 3 is 2.57 bits per heavy atom. The molecule has 0 saturated carbocycles. The highest BCUT2D eigenvalue weighted by atomic mass is 32.2. The molecule has 0 aromatic heterocycles. The molecule has 1 aliphatic rings. The third-order valence-corrected chi connectivity index (χ3v) is 6.62. The van der Waals surface area contributed by atoms with Crippen LogP contribution in [0.3, 0.4) is 0 Å². The van der Waals surface area contributed by atoms with E-state index in [-0.39, 0.29) is 17.3 Å². The smallest absolute Gasteiger partial charge is 0.240 e. The van der Waals surface area contributed by atoms with E-state index in [9.17, 15) is 13.2 Å². The molecule has 1 saturated heterocycles. The van der Waals surface area contributed by atoms with Crippen LogP contribution >= 0.6 is 0 Å². The Kier molecular flexibility index (Phi) is 6.99. The van der Waals surface area contributed by atoms with E-state index in [1.54, 1.807) is 0 Å². The fourth-order valence-corrected chi connectivity index (χ4v) is 4.70. The highest BCUT2D eigenvalue weighted by Crippen LogP contribution is 2.28. The summed E-state index contributed by atoms with van der Waals surface area (Å²) in [5, 5.41) is 2.59. The number of carbonyl (C=O) groups excluding carboxylic acids is 1. The fraction of sp³-hybridized carbons (Fsp3) is 0.409. The van der Waals surface area contributed by atoms with Crippen molar-refractivity contribution < 1.29 is 17.9 Å². The monoisotopic (exact) mass is 431 g/mol. The molecule has 8 heteroatoms. The standard InChI is InChI=1S/C22H29N3O4S/c1-16-5-4-12-25(15-16)19-8-6-18(7-9-19)14-23-30(27,28)20-10-11-22(29-3)21(13-20)24-17(2)26/h6-11,13,16,23H,4-5,12,14-15H2,1-3H3,(H,24,26)/t16-/m0/s1. The maximum Gasteiger partial charge on any atom is 0.240 e. The van der Waals surface area contributed by atoms with E-state index in [2.05, 4.69) is 21.9 Å². The Hall–Kier alpha value is -2.58. The van der Waals surface area contributed by atoms with Crippen molar-refractivity contribution in [2.45, 2.75) is 38.1 Å². The van der Waals surface area contributed by atoms with Crippen LogP contribution in [0.1, 0.15) is 32.3 Å². The molecule has 0 unspecified atom stereocenters. The molecule has 1 amide bonds. The zero-order chi connectivity index (χ0) is 21.7. The number of methoxy groups -OCH3 is 1. The highest BCUT2D eigenvalue weighted by Gasteiger charge is 2.18. The summed E-state index contributed by atoms with van der Waals surface area (Å²) in [6, 6.07) is 12.4. The number of sulfonamides is 1. The van der Waals surface area contributed by atoms with Crippen molar-refractivity contribution in [3.8, 4) is 5.75 Å². The average molecular weight is 432 g/mol. The molecule has 2 N–H and O–H groups in total. The van der Waals surface area contributed by atoms with Crippen LogP contribution in [0.5, 0.6) is 5.75 Å². The molecule has 3 rings (SSSR count). The van der Waals surface area contributed by atoms with Gasteiger partial charge in [-0.3, -0.25) is 4.79 Å². The van der Waals surface area contributed by atoms with Gasteiger partial charge in [-0.05, 0) is 54.7 Å². The van der Waals surface area contributed by atoms with Gasteiger partial charge in [0.05, 0.1) is 17.7 Å². The van der Waals surface area contributed by atoms with Gasteiger partial charge >= 0.3 is 0 Å². The number of nitrogens with one attached hydrogen (secondary N) is 2. The minimum atomic E-state index is -3.75. The summed E-state index contributed by atoms with van der Waals surface area (Å²) in [4.78, 5) is 13.8. The van der Waals surface area contributed by atoms with Crippen LogP contribution in [0.25, 0.3) is 0 Å². The molecule has 0 bridgehead atoms. The Morgan fingerprint density at radius 1 is 1.20 bits per heavy atom. The maximum atomic E-state index is 12.7. The van der Waals surface area contributed by atoms with Crippen molar-refractivity contribution in [2.24, 2.45) is 5.92 Å². The van der Waals surface area contributed by atoms with Gasteiger partial charge in [-0.1, -0.05) is 19.1 Å². The Balaban J connectivity index is 1.68. The van der Waals surface area contributed by atoms with E-state index < -0.39 is 10.0 Å². The summed E-state index contributed by atoms with van der Waals surface area (Å²) >= 11 is 0. The molecule has 2 aromatic carbocycles. The van der Waals surface area contributed by atoms with Gasteiger partial charge in [0.1, 0.15) is 5.75 Å². The molecule has 1 atom stereocenters. The predicted octanol–water partition coefficient (Wildman–Crippen LogP) is 3.37. The number of ether oxygens (including phenoxy) is 1. The van der Waals surface area contributed by atoms with Gasteiger partial charge in [-0.2, -0.15) is 0 Å². The third-order valence-electron chi connectivity index (χ3n) is 5.22. The molecule has 1 aliphatic heterocycles. The number of piperidine rings is 1. The fourth-order valence-electron chi connectivity index (χ4n) is 3.65. The van der Waals surface area contributed by atoms with Crippen molar-refractivity contribution in [1.29, 1.82) is 0 Å². The molecule has 0 aliphatic carbocycles. The van der Waals surface area contributed by atoms with Crippen molar-refractivity contribution in [3.05, 3.63) is 48.0 Å². The van der Waals surface area contributed by atoms with Crippen LogP contribution in [0, 0.1) is 5.92 Å². The number of benzene rings is 2. The van der Waals surface area contributed by atoms with E-state index in [0.29, 0.717) is 17.4 Å². The first-order valence-electron chi connectivity index (χ1n) is 10.1. The Labute approximate surface area is 178 Å². The van der Waals surface area contributed by atoms with Gasteiger partial charge in [0, 0.05) is 32.2 Å². The molecule has 162 valence electrons. The number of amides is 1. The third kappa shape index (κ3) is 5.52. The van der Waals surface area contributed by atoms with E-state index in [1.165, 1.54) is 50.8 Å². The quantitative estimate of drug-likeness (QED) is 0.702. The second-order valence-electron chi connectivity index (χ2n) is 7.73. The van der Waals surface area contributed by atoms with E-state index in [4.69, 9.17) is 4.74 Å². The van der Waals surface area contributed by atoms with Crippen molar-refractivity contribution in [2.75, 3.05) is 30.4 Å². The highest BCUT2D eigenvalue weighted by molar-refractivity contribution is 7.89. The summed E-state index contributed by atoms with van der Waals surface area (Å²) in [5.74, 6) is 0.780. The van der Waals surface area contributed by atoms with E-state index in [0.717, 1.165) is 18.7 Å². The molecular formula is C22H29N3O4S. The largest absolute Gasteiger partial charge is 0.495 e. The Morgan fingerprint density at radius 2 is 1.93 bits per heavy atom. The van der Waals surface area contributed by atoms with Gasteiger partial charge in [-0.15, -0.1) is 0 Å². The van der Waals surface area contributed by atoms with E-state index >= 15 is 0 Å². The first-order chi connectivity index (χ1) is 14.3. The molecular weight excluding hydrogens is 402 g/mol. The topological polar surface area (TPSA) is 87.7 Å². The second-order valence-corrected chi connectivity index (χ2v) is 9.49. The SMILES string of the molecule is COc1ccc(S(=O)(=O)NCc2ccc(N3CCC[C@H](C)C3)cc2)cc1NC(C)=O. The lowest BCUT2D eigenvalue weighted by atomic mass is 9.99. The minimum absolute atomic E-state index is 0.0611. The van der Waals surface area contributed by atoms with Gasteiger partial charge in [-0.25, -0.2) is 13.1 Å². The molecule has 30 heavy (non-hydrogen) atoms. The summed E-state index contributed by atoms with van der Waals surface area (Å²) in [7, 11) is -2.29. The van der Waals surface area contributed by atoms with Crippen LogP contribution < -0.4 is 19.7 Å². The number of nitrogens with zero attached hydrogens (tertiary/aromatic N) is 1. The minimum Gasteiger partial charge on any atom is -0.495 e. The van der Waals surface area contributed by atoms with Gasteiger partial charge in [0.25, 0.3) is 0 Å². The first kappa shape index (κ1) is 22.1. The normalized spacial score (nSPS) is 16.9. The van der Waals surface area contributed by atoms with Crippen LogP contribution in [0.2, 0.25) is 0 Å². The number of anilines is 2. The van der Waals surface area contributed by atoms with Crippen LogP contribution in [-0.2, 0) is 21.4 Å². The molecule has 7 nitrogen and oxygen atoms in total. The van der Waals surface area contributed by atoms with Crippen molar-refractivity contribution in [3.63, 3.8) is 0 Å². The van der Waals surface area contributed by atoms with E-state index in [1.807, 2.05) is 24.3 Å². The Bertz CT molecular complexity index is 990. The zero-order valence-corrected chi connectivity index (χ0v) is 18.5. The molecule has 1 heterocycles. The molecule has 0 spiro atoms. The van der Waals surface area contributed by atoms with Gasteiger partial charge in [0.2, 0.25) is 15.9 Å². The summed E-state index contributed by atoms with van der Waals surface area (Å²) < 4.78 is 33.2. The summed E-state index contributed by atoms with van der Waals surface area (Å²) in [6.07, 6.45) is 2.47. The first-order valence-corrected chi connectivity index (χ1v) is 11.6. The van der Waals surface area contributed by atoms with Crippen molar-refractivity contribution in [1.82, 2.24) is 4.72 Å². The maximum absolute atomic E-state index is 12.7. The lowest BCUT2D eigenvalue weighted by Gasteiger charge is -2.32. The lowest BCUT2D eigenvalue weighted by molar-refractivity contribution is -0.114. The molecule has 2 aromatic rings. The zero-order valence-electron chi connectivity index (χ0n) is 17.6. The number of carbonyl (C=O) groups is 1. The number of hydrogen-bond acceptors (Lipinski definition) is 5. The average Bonchev–Trinajstić information content (AvgIpc) is 2.72. The second kappa shape index (κ2) is 9.49. The van der Waals surface area contributed by atoms with Gasteiger partial charge in [0.15, 0.2) is 0 Å². The van der Waals surface area contributed by atoms with Crippen LogP contribution in [-0.4, -0.2) is 34.5 Å². The van der Waals surface area contributed by atoms with Crippen molar-refractivity contribution >= 4 is 27.3 Å². The number of hydrogen-bond donors (Lipinski definition) is 2. The van der Waals surface area contributed by atoms with Crippen LogP contribution in [0.4, 0.5) is 11.4 Å². The van der Waals surface area contributed by atoms with Gasteiger partial charge < -0.3 is 15.0 Å². The summed E-state index contributed by atoms with van der Waals surface area (Å²) in [5.41, 5.74) is 2.36. The molecule has 0 radical (unpaired) electrons. The lowest BCUT2D eigenvalue weighted by Crippen LogP contribution is -2.34. The number of rotatable bonds is 7. The summed E-state index contributed by atoms with van der Waals surface area (Å²) in [6.45, 7) is 5.92. The predicted molar refractivity (Wildman–Crippen MR) is 118 cm³/mol.